The summed E-state index contributed by atoms with van der Waals surface area (Å²) in [4.78, 5) is 25.0. The Morgan fingerprint density at radius 1 is 0.909 bits per heavy atom. The van der Waals surface area contributed by atoms with Crippen LogP contribution >= 0.6 is 0 Å². The van der Waals surface area contributed by atoms with Crippen LogP contribution in [0.2, 0.25) is 0 Å². The molecule has 114 valence electrons. The first-order chi connectivity index (χ1) is 10.6. The van der Waals surface area contributed by atoms with E-state index < -0.39 is 0 Å². The molecule has 0 radical (unpaired) electrons. The maximum Gasteiger partial charge on any atom is 0.142 e. The summed E-state index contributed by atoms with van der Waals surface area (Å²) in [6.45, 7) is 2.82. The van der Waals surface area contributed by atoms with E-state index in [-0.39, 0.29) is 18.0 Å². The fraction of sp³-hybridized carbons (Fsp3) is 0.263. The maximum atomic E-state index is 11.8. The quantitative estimate of drug-likeness (QED) is 0.698. The van der Waals surface area contributed by atoms with Crippen molar-refractivity contribution in [2.24, 2.45) is 0 Å². The third kappa shape index (κ3) is 5.17. The minimum atomic E-state index is -0.0701. The van der Waals surface area contributed by atoms with Gasteiger partial charge in [-0.05, 0) is 24.6 Å². The smallest absolute Gasteiger partial charge is 0.142 e. The first kappa shape index (κ1) is 16.0. The van der Waals surface area contributed by atoms with Gasteiger partial charge in [0.25, 0.3) is 0 Å². The van der Waals surface area contributed by atoms with Crippen molar-refractivity contribution in [3.8, 4) is 0 Å². The summed E-state index contributed by atoms with van der Waals surface area (Å²) in [5.41, 5.74) is 2.28. The van der Waals surface area contributed by atoms with Gasteiger partial charge in [-0.15, -0.1) is 0 Å². The van der Waals surface area contributed by atoms with Crippen molar-refractivity contribution in [1.29, 1.82) is 0 Å². The van der Waals surface area contributed by atoms with E-state index >= 15 is 0 Å². The van der Waals surface area contributed by atoms with Crippen LogP contribution < -0.4 is 4.90 Å². The second-order valence-electron chi connectivity index (χ2n) is 5.41. The molecule has 0 fully saturated rings. The maximum absolute atomic E-state index is 11.8. The minimum absolute atomic E-state index is 0.00138. The van der Waals surface area contributed by atoms with Crippen molar-refractivity contribution in [1.82, 2.24) is 0 Å². The number of Topliss-reactive ketones (excluding diaryl/α,β-unsaturated/α-hetero) is 2. The van der Waals surface area contributed by atoms with Crippen LogP contribution in [0.5, 0.6) is 0 Å². The number of nitrogens with zero attached hydrogens (tertiary/aromatic N) is 1. The van der Waals surface area contributed by atoms with Crippen molar-refractivity contribution in [2.75, 3.05) is 11.4 Å². The Kier molecular flexibility index (Phi) is 5.90. The van der Waals surface area contributed by atoms with Gasteiger partial charge in [-0.25, -0.2) is 0 Å². The average molecular weight is 295 g/mol. The molecule has 0 aliphatic carbocycles. The van der Waals surface area contributed by atoms with E-state index in [4.69, 9.17) is 0 Å². The zero-order valence-corrected chi connectivity index (χ0v) is 12.9. The molecule has 0 aliphatic heterocycles. The van der Waals surface area contributed by atoms with E-state index in [1.807, 2.05) is 48.5 Å². The number of ketones is 2. The van der Waals surface area contributed by atoms with E-state index in [2.05, 4.69) is 17.0 Å². The molecule has 3 nitrogen and oxygen atoms in total. The number of carbonyl (C=O) groups excluding carboxylic acids is 2. The number of hydrogen-bond acceptors (Lipinski definition) is 3. The zero-order chi connectivity index (χ0) is 15.8. The molecular formula is C19H21NO2. The molecule has 0 aliphatic rings. The lowest BCUT2D eigenvalue weighted by molar-refractivity contribution is -0.125. The molecule has 0 unspecified atom stereocenters. The van der Waals surface area contributed by atoms with Gasteiger partial charge in [0.05, 0.1) is 6.42 Å². The largest absolute Gasteiger partial charge is 0.367 e. The number of hydrogen-bond donors (Lipinski definition) is 0. The first-order valence-corrected chi connectivity index (χ1v) is 7.50. The van der Waals surface area contributed by atoms with Gasteiger partial charge in [-0.2, -0.15) is 0 Å². The fourth-order valence-corrected chi connectivity index (χ4v) is 2.37. The molecule has 0 spiro atoms. The van der Waals surface area contributed by atoms with Gasteiger partial charge in [0.15, 0.2) is 0 Å². The lowest BCUT2D eigenvalue weighted by atomic mass is 10.1. The number of para-hydroxylation sites is 1. The second-order valence-corrected chi connectivity index (χ2v) is 5.41. The van der Waals surface area contributed by atoms with E-state index in [9.17, 15) is 9.59 Å². The summed E-state index contributed by atoms with van der Waals surface area (Å²) < 4.78 is 0. The van der Waals surface area contributed by atoms with Gasteiger partial charge in [0, 0.05) is 25.2 Å². The number of rotatable bonds is 8. The fourth-order valence-electron chi connectivity index (χ4n) is 2.37. The Morgan fingerprint density at radius 3 is 2.09 bits per heavy atom. The van der Waals surface area contributed by atoms with Crippen LogP contribution in [0.4, 0.5) is 5.69 Å². The van der Waals surface area contributed by atoms with Crippen LogP contribution in [0, 0.1) is 0 Å². The van der Waals surface area contributed by atoms with E-state index in [0.717, 1.165) is 12.2 Å². The molecule has 0 amide bonds. The SMILES string of the molecule is CC(=O)CC(=O)CCN(Cc1ccccc1)c1ccccc1. The molecule has 2 aromatic carbocycles. The van der Waals surface area contributed by atoms with Crippen LogP contribution in [0.1, 0.15) is 25.3 Å². The zero-order valence-electron chi connectivity index (χ0n) is 12.9. The summed E-state index contributed by atoms with van der Waals surface area (Å²) in [7, 11) is 0. The van der Waals surface area contributed by atoms with Gasteiger partial charge < -0.3 is 4.90 Å². The first-order valence-electron chi connectivity index (χ1n) is 7.50. The van der Waals surface area contributed by atoms with Crippen molar-refractivity contribution >= 4 is 17.3 Å². The number of anilines is 1. The third-order valence-corrected chi connectivity index (χ3v) is 3.44. The van der Waals surface area contributed by atoms with Crippen LogP contribution in [0.15, 0.2) is 60.7 Å². The van der Waals surface area contributed by atoms with Crippen molar-refractivity contribution < 1.29 is 9.59 Å². The molecule has 0 saturated carbocycles. The summed E-state index contributed by atoms with van der Waals surface area (Å²) in [5.74, 6) is -0.0687. The highest BCUT2D eigenvalue weighted by Crippen LogP contribution is 2.17. The Labute approximate surface area is 131 Å². The van der Waals surface area contributed by atoms with Gasteiger partial charge in [0.2, 0.25) is 0 Å². The van der Waals surface area contributed by atoms with Crippen molar-refractivity contribution in [3.05, 3.63) is 66.2 Å². The minimum Gasteiger partial charge on any atom is -0.367 e. The van der Waals surface area contributed by atoms with Gasteiger partial charge in [-0.1, -0.05) is 48.5 Å². The lowest BCUT2D eigenvalue weighted by Crippen LogP contribution is -2.26. The molecule has 0 bridgehead atoms. The van der Waals surface area contributed by atoms with Crippen molar-refractivity contribution in [3.63, 3.8) is 0 Å². The third-order valence-electron chi connectivity index (χ3n) is 3.44. The summed E-state index contributed by atoms with van der Waals surface area (Å²) in [6.07, 6.45) is 0.426. The predicted molar refractivity (Wildman–Crippen MR) is 88.9 cm³/mol. The molecule has 2 rings (SSSR count). The molecule has 0 N–H and O–H groups in total. The van der Waals surface area contributed by atoms with E-state index in [0.29, 0.717) is 13.0 Å². The Balaban J connectivity index is 2.05. The Hall–Kier alpha value is -2.42. The monoisotopic (exact) mass is 295 g/mol. The normalized spacial score (nSPS) is 10.2. The highest BCUT2D eigenvalue weighted by Gasteiger charge is 2.11. The van der Waals surface area contributed by atoms with Gasteiger partial charge >= 0.3 is 0 Å². The highest BCUT2D eigenvalue weighted by atomic mass is 16.1. The van der Waals surface area contributed by atoms with Crippen LogP contribution in [-0.4, -0.2) is 18.1 Å². The molecule has 0 aromatic heterocycles. The van der Waals surface area contributed by atoms with Crippen LogP contribution in [-0.2, 0) is 16.1 Å². The van der Waals surface area contributed by atoms with E-state index in [1.54, 1.807) is 0 Å². The molecule has 0 atom stereocenters. The topological polar surface area (TPSA) is 37.4 Å². The molecule has 3 heteroatoms. The van der Waals surface area contributed by atoms with Crippen LogP contribution in [0.3, 0.4) is 0 Å². The van der Waals surface area contributed by atoms with Gasteiger partial charge in [-0.3, -0.25) is 9.59 Å². The number of benzene rings is 2. The van der Waals surface area contributed by atoms with E-state index in [1.165, 1.54) is 12.5 Å². The summed E-state index contributed by atoms with van der Waals surface area (Å²) >= 11 is 0. The Bertz CT molecular complexity index is 608. The molecular weight excluding hydrogens is 274 g/mol. The average Bonchev–Trinajstić information content (AvgIpc) is 2.52. The number of carbonyl (C=O) groups is 2. The van der Waals surface area contributed by atoms with Crippen LogP contribution in [0.25, 0.3) is 0 Å². The van der Waals surface area contributed by atoms with Gasteiger partial charge in [0.1, 0.15) is 11.6 Å². The highest BCUT2D eigenvalue weighted by molar-refractivity contribution is 5.98. The molecule has 2 aromatic rings. The molecule has 22 heavy (non-hydrogen) atoms. The standard InChI is InChI=1S/C19H21NO2/c1-16(21)14-19(22)12-13-20(18-10-6-3-7-11-18)15-17-8-4-2-5-9-17/h2-11H,12-15H2,1H3. The molecule has 0 saturated heterocycles. The Morgan fingerprint density at radius 2 is 1.50 bits per heavy atom. The lowest BCUT2D eigenvalue weighted by Gasteiger charge is -2.24. The predicted octanol–water partition coefficient (Wildman–Crippen LogP) is 3.63. The molecule has 0 heterocycles. The summed E-state index contributed by atoms with van der Waals surface area (Å²) in [6, 6.07) is 20.2. The van der Waals surface area contributed by atoms with Crippen molar-refractivity contribution in [2.45, 2.75) is 26.3 Å². The second kappa shape index (κ2) is 8.13. The summed E-state index contributed by atoms with van der Waals surface area (Å²) in [5, 5.41) is 0.